The first kappa shape index (κ1) is 8.98. The van der Waals surface area contributed by atoms with E-state index in [0.717, 1.165) is 24.3 Å². The number of fused-ring (bicyclic) bond motifs is 3. The molecule has 1 aromatic carbocycles. The summed E-state index contributed by atoms with van der Waals surface area (Å²) in [5.74, 6) is 1.23. The monoisotopic (exact) mass is 219 g/mol. The number of hydrogen-bond acceptors (Lipinski definition) is 2. The fraction of sp³-hybridized carbons (Fsp3) is 0.250. The molecule has 1 aromatic heterocycles. The third-order valence-corrected chi connectivity index (χ3v) is 3.15. The second-order valence-electron chi connectivity index (χ2n) is 3.72. The van der Waals surface area contributed by atoms with Crippen molar-refractivity contribution in [1.82, 2.24) is 5.16 Å². The highest BCUT2D eigenvalue weighted by Crippen LogP contribution is 2.34. The molecule has 1 aliphatic carbocycles. The summed E-state index contributed by atoms with van der Waals surface area (Å²) in [7, 11) is 0. The Labute approximate surface area is 92.8 Å². The van der Waals surface area contributed by atoms with Gasteiger partial charge in [0.1, 0.15) is 5.69 Å². The van der Waals surface area contributed by atoms with Crippen LogP contribution in [0.25, 0.3) is 11.3 Å². The van der Waals surface area contributed by atoms with Gasteiger partial charge in [0, 0.05) is 11.1 Å². The van der Waals surface area contributed by atoms with Crippen LogP contribution < -0.4 is 0 Å². The molecule has 0 spiro atoms. The van der Waals surface area contributed by atoms with E-state index >= 15 is 0 Å². The number of aromatic nitrogens is 1. The molecule has 3 rings (SSSR count). The lowest BCUT2D eigenvalue weighted by molar-refractivity contribution is 0.395. The molecule has 1 aliphatic rings. The zero-order chi connectivity index (χ0) is 10.3. The van der Waals surface area contributed by atoms with Crippen LogP contribution in [0.5, 0.6) is 0 Å². The van der Waals surface area contributed by atoms with Crippen LogP contribution in [-0.2, 0) is 18.7 Å². The fourth-order valence-electron chi connectivity index (χ4n) is 2.15. The molecule has 2 nitrogen and oxygen atoms in total. The Bertz CT molecular complexity index is 504. The van der Waals surface area contributed by atoms with Crippen LogP contribution in [0.15, 0.2) is 28.8 Å². The number of halogens is 1. The maximum Gasteiger partial charge on any atom is 0.155 e. The highest BCUT2D eigenvalue weighted by Gasteiger charge is 2.22. The van der Waals surface area contributed by atoms with Crippen molar-refractivity contribution in [3.8, 4) is 11.3 Å². The van der Waals surface area contributed by atoms with Gasteiger partial charge in [-0.15, -0.1) is 11.6 Å². The molecule has 0 N–H and O–H groups in total. The summed E-state index contributed by atoms with van der Waals surface area (Å²) in [6.07, 6.45) is 2.03. The summed E-state index contributed by atoms with van der Waals surface area (Å²) in [5.41, 5.74) is 4.70. The summed E-state index contributed by atoms with van der Waals surface area (Å²) in [4.78, 5) is 0. The predicted octanol–water partition coefficient (Wildman–Crippen LogP) is 3.18. The van der Waals surface area contributed by atoms with Gasteiger partial charge >= 0.3 is 0 Å². The number of nitrogens with zero attached hydrogens (tertiary/aromatic N) is 1. The van der Waals surface area contributed by atoms with E-state index in [-0.39, 0.29) is 0 Å². The van der Waals surface area contributed by atoms with Crippen LogP contribution in [-0.4, -0.2) is 5.16 Å². The molecular weight excluding hydrogens is 210 g/mol. The summed E-state index contributed by atoms with van der Waals surface area (Å²) in [6.45, 7) is 0. The highest BCUT2D eigenvalue weighted by molar-refractivity contribution is 6.17. The van der Waals surface area contributed by atoms with Gasteiger partial charge in [-0.05, 0) is 18.4 Å². The maximum absolute atomic E-state index is 5.80. The molecule has 0 saturated carbocycles. The molecule has 3 heteroatoms. The lowest BCUT2D eigenvalue weighted by Crippen LogP contribution is -2.03. The molecule has 15 heavy (non-hydrogen) atoms. The van der Waals surface area contributed by atoms with Crippen molar-refractivity contribution in [3.05, 3.63) is 41.2 Å². The molecule has 0 radical (unpaired) electrons. The molecule has 0 aliphatic heterocycles. The maximum atomic E-state index is 5.80. The van der Waals surface area contributed by atoms with E-state index in [0.29, 0.717) is 5.88 Å². The zero-order valence-corrected chi connectivity index (χ0v) is 8.92. The minimum atomic E-state index is 0.407. The van der Waals surface area contributed by atoms with Crippen molar-refractivity contribution < 1.29 is 4.52 Å². The molecule has 0 fully saturated rings. The SMILES string of the molecule is ClCc1onc2c1CCc1ccccc1-2. The van der Waals surface area contributed by atoms with Crippen molar-refractivity contribution in [2.24, 2.45) is 0 Å². The van der Waals surface area contributed by atoms with Gasteiger partial charge in [-0.25, -0.2) is 0 Å². The Kier molecular flexibility index (Phi) is 2.03. The minimum absolute atomic E-state index is 0.407. The third-order valence-electron chi connectivity index (χ3n) is 2.91. The van der Waals surface area contributed by atoms with Crippen LogP contribution in [0, 0.1) is 0 Å². The van der Waals surface area contributed by atoms with Gasteiger partial charge in [0.2, 0.25) is 0 Å². The first-order valence-electron chi connectivity index (χ1n) is 5.02. The van der Waals surface area contributed by atoms with E-state index < -0.39 is 0 Å². The van der Waals surface area contributed by atoms with Gasteiger partial charge in [-0.1, -0.05) is 29.4 Å². The quantitative estimate of drug-likeness (QED) is 0.689. The average Bonchev–Trinajstić information content (AvgIpc) is 2.72. The minimum Gasteiger partial charge on any atom is -0.359 e. The highest BCUT2D eigenvalue weighted by atomic mass is 35.5. The topological polar surface area (TPSA) is 26.0 Å². The number of rotatable bonds is 1. The van der Waals surface area contributed by atoms with Gasteiger partial charge in [-0.2, -0.15) is 0 Å². The first-order chi connectivity index (χ1) is 7.40. The van der Waals surface area contributed by atoms with E-state index in [2.05, 4.69) is 23.4 Å². The second kappa shape index (κ2) is 3.38. The van der Waals surface area contributed by atoms with Crippen molar-refractivity contribution in [2.75, 3.05) is 0 Å². The Balaban J connectivity index is 2.22. The summed E-state index contributed by atoms with van der Waals surface area (Å²) in [5, 5.41) is 4.11. The van der Waals surface area contributed by atoms with Crippen molar-refractivity contribution in [3.63, 3.8) is 0 Å². The van der Waals surface area contributed by atoms with Gasteiger partial charge < -0.3 is 4.52 Å². The van der Waals surface area contributed by atoms with E-state index in [1.807, 2.05) is 6.07 Å². The summed E-state index contributed by atoms with van der Waals surface area (Å²) >= 11 is 5.80. The Hall–Kier alpha value is -1.28. The van der Waals surface area contributed by atoms with Crippen LogP contribution in [0.3, 0.4) is 0 Å². The average molecular weight is 220 g/mol. The predicted molar refractivity (Wildman–Crippen MR) is 58.9 cm³/mol. The van der Waals surface area contributed by atoms with Gasteiger partial charge in [0.05, 0.1) is 5.88 Å². The first-order valence-corrected chi connectivity index (χ1v) is 5.55. The van der Waals surface area contributed by atoms with Crippen LogP contribution >= 0.6 is 11.6 Å². The van der Waals surface area contributed by atoms with Crippen LogP contribution in [0.4, 0.5) is 0 Å². The zero-order valence-electron chi connectivity index (χ0n) is 8.16. The largest absolute Gasteiger partial charge is 0.359 e. The number of alkyl halides is 1. The Morgan fingerprint density at radius 1 is 1.27 bits per heavy atom. The van der Waals surface area contributed by atoms with Crippen molar-refractivity contribution in [1.29, 1.82) is 0 Å². The van der Waals surface area contributed by atoms with E-state index in [1.165, 1.54) is 16.7 Å². The van der Waals surface area contributed by atoms with Gasteiger partial charge in [0.25, 0.3) is 0 Å². The third kappa shape index (κ3) is 1.29. The van der Waals surface area contributed by atoms with Crippen LogP contribution in [0.2, 0.25) is 0 Å². The molecule has 0 atom stereocenters. The van der Waals surface area contributed by atoms with E-state index in [1.54, 1.807) is 0 Å². The molecule has 1 heterocycles. The standard InChI is InChI=1S/C12H10ClNO/c13-7-11-10-6-5-8-3-1-2-4-9(8)12(10)14-15-11/h1-4H,5-7H2. The van der Waals surface area contributed by atoms with Crippen LogP contribution in [0.1, 0.15) is 16.9 Å². The fourth-order valence-corrected chi connectivity index (χ4v) is 2.36. The van der Waals surface area contributed by atoms with Gasteiger partial charge in [0.15, 0.2) is 5.76 Å². The lowest BCUT2D eigenvalue weighted by Gasteiger charge is -2.13. The van der Waals surface area contributed by atoms with Crippen molar-refractivity contribution in [2.45, 2.75) is 18.7 Å². The summed E-state index contributed by atoms with van der Waals surface area (Å²) in [6, 6.07) is 8.33. The Morgan fingerprint density at radius 3 is 3.00 bits per heavy atom. The lowest BCUT2D eigenvalue weighted by atomic mass is 9.89. The molecular formula is C12H10ClNO. The normalized spacial score (nSPS) is 13.4. The summed E-state index contributed by atoms with van der Waals surface area (Å²) < 4.78 is 5.24. The Morgan fingerprint density at radius 2 is 2.13 bits per heavy atom. The molecule has 2 aromatic rings. The molecule has 76 valence electrons. The van der Waals surface area contributed by atoms with Crippen molar-refractivity contribution >= 4 is 11.6 Å². The molecule has 0 saturated heterocycles. The number of hydrogen-bond donors (Lipinski definition) is 0. The van der Waals surface area contributed by atoms with Gasteiger partial charge in [-0.3, -0.25) is 0 Å². The smallest absolute Gasteiger partial charge is 0.155 e. The molecule has 0 amide bonds. The second-order valence-corrected chi connectivity index (χ2v) is 3.99. The molecule has 0 bridgehead atoms. The van der Waals surface area contributed by atoms with E-state index in [9.17, 15) is 0 Å². The number of benzene rings is 1. The van der Waals surface area contributed by atoms with E-state index in [4.69, 9.17) is 16.1 Å². The molecule has 0 unspecified atom stereocenters. The number of aryl methyl sites for hydroxylation is 1.